The van der Waals surface area contributed by atoms with Crippen molar-refractivity contribution in [3.63, 3.8) is 0 Å². The number of rotatable bonds is 1. The average molecular weight is 187 g/mol. The number of anilines is 1. The third-order valence-electron chi connectivity index (χ3n) is 2.35. The van der Waals surface area contributed by atoms with Crippen LogP contribution in [0.2, 0.25) is 0 Å². The van der Waals surface area contributed by atoms with Gasteiger partial charge in [-0.3, -0.25) is 5.10 Å². The fraction of sp³-hybridized carbons (Fsp3) is 0.182. The summed E-state index contributed by atoms with van der Waals surface area (Å²) in [5, 5.41) is 6.66. The lowest BCUT2D eigenvalue weighted by molar-refractivity contribution is 1.10. The van der Waals surface area contributed by atoms with Crippen LogP contribution in [0, 0.1) is 13.8 Å². The number of benzene rings is 1. The van der Waals surface area contributed by atoms with Gasteiger partial charge in [-0.25, -0.2) is 0 Å². The second kappa shape index (κ2) is 3.18. The van der Waals surface area contributed by atoms with E-state index in [-0.39, 0.29) is 0 Å². The van der Waals surface area contributed by atoms with Gasteiger partial charge in [0, 0.05) is 5.56 Å². The molecule has 0 saturated carbocycles. The Hall–Kier alpha value is -1.77. The number of aromatic amines is 1. The highest BCUT2D eigenvalue weighted by molar-refractivity contribution is 5.75. The Labute approximate surface area is 83.0 Å². The predicted octanol–water partition coefficient (Wildman–Crippen LogP) is 2.28. The standard InChI is InChI=1S/C11H13N3/c1-7-3-4-8(2)9(5-7)10-6-13-14-11(10)12/h3-6H,1-2H3,(H3,12,13,14). The Balaban J connectivity index is 2.62. The van der Waals surface area contributed by atoms with E-state index >= 15 is 0 Å². The van der Waals surface area contributed by atoms with Crippen LogP contribution in [0.4, 0.5) is 5.82 Å². The lowest BCUT2D eigenvalue weighted by Gasteiger charge is -2.05. The molecule has 3 nitrogen and oxygen atoms in total. The smallest absolute Gasteiger partial charge is 0.126 e. The summed E-state index contributed by atoms with van der Waals surface area (Å²) in [5.74, 6) is 0.624. The summed E-state index contributed by atoms with van der Waals surface area (Å²) in [6.45, 7) is 4.14. The van der Waals surface area contributed by atoms with E-state index in [2.05, 4.69) is 42.2 Å². The van der Waals surface area contributed by atoms with Gasteiger partial charge in [-0.2, -0.15) is 5.10 Å². The summed E-state index contributed by atoms with van der Waals surface area (Å²) < 4.78 is 0. The molecule has 14 heavy (non-hydrogen) atoms. The first-order valence-electron chi connectivity index (χ1n) is 4.55. The van der Waals surface area contributed by atoms with Crippen molar-refractivity contribution < 1.29 is 0 Å². The topological polar surface area (TPSA) is 54.7 Å². The maximum absolute atomic E-state index is 5.77. The van der Waals surface area contributed by atoms with Crippen molar-refractivity contribution in [2.45, 2.75) is 13.8 Å². The van der Waals surface area contributed by atoms with Crippen LogP contribution in [-0.4, -0.2) is 10.2 Å². The van der Waals surface area contributed by atoms with E-state index < -0.39 is 0 Å². The van der Waals surface area contributed by atoms with Gasteiger partial charge in [-0.1, -0.05) is 23.8 Å². The van der Waals surface area contributed by atoms with E-state index in [1.807, 2.05) is 0 Å². The van der Waals surface area contributed by atoms with Gasteiger partial charge in [0.15, 0.2) is 0 Å². The number of nitrogens with two attached hydrogens (primary N) is 1. The first kappa shape index (κ1) is 8.81. The van der Waals surface area contributed by atoms with Crippen molar-refractivity contribution in [1.82, 2.24) is 10.2 Å². The zero-order valence-electron chi connectivity index (χ0n) is 8.33. The maximum atomic E-state index is 5.77. The van der Waals surface area contributed by atoms with E-state index in [1.165, 1.54) is 11.1 Å². The highest BCUT2D eigenvalue weighted by Crippen LogP contribution is 2.27. The van der Waals surface area contributed by atoms with Gasteiger partial charge >= 0.3 is 0 Å². The summed E-state index contributed by atoms with van der Waals surface area (Å²) in [6, 6.07) is 6.31. The Morgan fingerprint density at radius 2 is 2.00 bits per heavy atom. The molecule has 0 spiro atoms. The van der Waals surface area contributed by atoms with Crippen LogP contribution in [0.3, 0.4) is 0 Å². The highest BCUT2D eigenvalue weighted by Gasteiger charge is 2.07. The fourth-order valence-corrected chi connectivity index (χ4v) is 1.54. The van der Waals surface area contributed by atoms with E-state index in [9.17, 15) is 0 Å². The number of aryl methyl sites for hydroxylation is 2. The first-order valence-corrected chi connectivity index (χ1v) is 4.55. The maximum Gasteiger partial charge on any atom is 0.126 e. The van der Waals surface area contributed by atoms with Gasteiger partial charge in [-0.05, 0) is 25.0 Å². The Bertz CT molecular complexity index is 457. The number of H-pyrrole nitrogens is 1. The second-order valence-electron chi connectivity index (χ2n) is 3.52. The van der Waals surface area contributed by atoms with Crippen LogP contribution < -0.4 is 5.73 Å². The van der Waals surface area contributed by atoms with E-state index in [1.54, 1.807) is 6.20 Å². The summed E-state index contributed by atoms with van der Waals surface area (Å²) in [4.78, 5) is 0. The van der Waals surface area contributed by atoms with Crippen LogP contribution in [0.15, 0.2) is 24.4 Å². The summed E-state index contributed by atoms with van der Waals surface area (Å²) in [5.41, 5.74) is 10.3. The van der Waals surface area contributed by atoms with Crippen molar-refractivity contribution in [3.05, 3.63) is 35.5 Å². The monoisotopic (exact) mass is 187 g/mol. The molecule has 0 atom stereocenters. The van der Waals surface area contributed by atoms with E-state index in [0.717, 1.165) is 11.1 Å². The molecule has 0 aliphatic carbocycles. The first-order chi connectivity index (χ1) is 6.68. The third-order valence-corrected chi connectivity index (χ3v) is 2.35. The number of hydrogen-bond donors (Lipinski definition) is 2. The Morgan fingerprint density at radius 3 is 2.64 bits per heavy atom. The minimum Gasteiger partial charge on any atom is -0.384 e. The Kier molecular flexibility index (Phi) is 2.00. The third kappa shape index (κ3) is 1.37. The zero-order chi connectivity index (χ0) is 10.1. The number of nitrogens with one attached hydrogen (secondary N) is 1. The van der Waals surface area contributed by atoms with Crippen molar-refractivity contribution in [3.8, 4) is 11.1 Å². The van der Waals surface area contributed by atoms with Crippen LogP contribution in [0.25, 0.3) is 11.1 Å². The molecule has 0 aliphatic heterocycles. The number of hydrogen-bond acceptors (Lipinski definition) is 2. The lowest BCUT2D eigenvalue weighted by atomic mass is 10.0. The van der Waals surface area contributed by atoms with E-state index in [0.29, 0.717) is 5.82 Å². The molecule has 72 valence electrons. The fourth-order valence-electron chi connectivity index (χ4n) is 1.54. The second-order valence-corrected chi connectivity index (χ2v) is 3.52. The summed E-state index contributed by atoms with van der Waals surface area (Å²) in [6.07, 6.45) is 1.76. The largest absolute Gasteiger partial charge is 0.384 e. The molecule has 0 radical (unpaired) electrons. The normalized spacial score (nSPS) is 10.4. The molecule has 0 aliphatic rings. The molecule has 0 unspecified atom stereocenters. The molecule has 3 N–H and O–H groups in total. The Morgan fingerprint density at radius 1 is 1.21 bits per heavy atom. The predicted molar refractivity (Wildman–Crippen MR) is 57.9 cm³/mol. The van der Waals surface area contributed by atoms with Crippen molar-refractivity contribution in [2.24, 2.45) is 0 Å². The molecule has 0 bridgehead atoms. The molecule has 1 aromatic heterocycles. The van der Waals surface area contributed by atoms with Crippen molar-refractivity contribution in [2.75, 3.05) is 5.73 Å². The molecule has 1 aromatic carbocycles. The van der Waals surface area contributed by atoms with Gasteiger partial charge in [0.25, 0.3) is 0 Å². The minimum absolute atomic E-state index is 0.624. The number of aromatic nitrogens is 2. The number of nitrogens with zero attached hydrogens (tertiary/aromatic N) is 1. The highest BCUT2D eigenvalue weighted by atomic mass is 15.1. The average Bonchev–Trinajstić information content (AvgIpc) is 2.56. The van der Waals surface area contributed by atoms with Gasteiger partial charge in [0.05, 0.1) is 6.20 Å². The molecule has 2 aromatic rings. The lowest BCUT2D eigenvalue weighted by Crippen LogP contribution is -1.90. The molecular weight excluding hydrogens is 174 g/mol. The summed E-state index contributed by atoms with van der Waals surface area (Å²) >= 11 is 0. The van der Waals surface area contributed by atoms with Crippen LogP contribution in [-0.2, 0) is 0 Å². The van der Waals surface area contributed by atoms with Gasteiger partial charge in [0.2, 0.25) is 0 Å². The number of nitrogen functional groups attached to an aromatic ring is 1. The molecule has 2 rings (SSSR count). The van der Waals surface area contributed by atoms with E-state index in [4.69, 9.17) is 5.73 Å². The quantitative estimate of drug-likeness (QED) is 0.719. The minimum atomic E-state index is 0.624. The van der Waals surface area contributed by atoms with Crippen molar-refractivity contribution >= 4 is 5.82 Å². The van der Waals surface area contributed by atoms with Crippen molar-refractivity contribution in [1.29, 1.82) is 0 Å². The van der Waals surface area contributed by atoms with Crippen LogP contribution in [0.5, 0.6) is 0 Å². The van der Waals surface area contributed by atoms with Gasteiger partial charge < -0.3 is 5.73 Å². The molecule has 0 amide bonds. The molecular formula is C11H13N3. The van der Waals surface area contributed by atoms with Crippen LogP contribution in [0.1, 0.15) is 11.1 Å². The summed E-state index contributed by atoms with van der Waals surface area (Å²) in [7, 11) is 0. The molecule has 0 saturated heterocycles. The van der Waals surface area contributed by atoms with Gasteiger partial charge in [-0.15, -0.1) is 0 Å². The molecule has 0 fully saturated rings. The van der Waals surface area contributed by atoms with Gasteiger partial charge in [0.1, 0.15) is 5.82 Å². The SMILES string of the molecule is Cc1ccc(C)c(-c2cn[nH]c2N)c1. The zero-order valence-corrected chi connectivity index (χ0v) is 8.33. The van der Waals surface area contributed by atoms with Crippen LogP contribution >= 0.6 is 0 Å². The molecule has 1 heterocycles. The molecule has 3 heteroatoms.